The van der Waals surface area contributed by atoms with E-state index in [-0.39, 0.29) is 5.91 Å². The quantitative estimate of drug-likeness (QED) is 0.611. The van der Waals surface area contributed by atoms with E-state index in [1.165, 1.54) is 0 Å². The summed E-state index contributed by atoms with van der Waals surface area (Å²) in [6, 6.07) is 12.9. The lowest BCUT2D eigenvalue weighted by atomic mass is 10.2. The molecule has 0 aromatic heterocycles. The van der Waals surface area contributed by atoms with Gasteiger partial charge in [0.1, 0.15) is 0 Å². The van der Waals surface area contributed by atoms with Crippen LogP contribution < -0.4 is 5.32 Å². The first-order valence-electron chi connectivity index (χ1n) is 5.08. The van der Waals surface area contributed by atoms with E-state index in [9.17, 15) is 4.79 Å². The van der Waals surface area contributed by atoms with Crippen molar-refractivity contribution < 1.29 is 4.79 Å². The maximum absolute atomic E-state index is 12.1. The fourth-order valence-electron chi connectivity index (χ4n) is 1.44. The number of anilines is 1. The van der Waals surface area contributed by atoms with Gasteiger partial charge in [-0.25, -0.2) is 0 Å². The second kappa shape index (κ2) is 6.21. The number of halogens is 3. The van der Waals surface area contributed by atoms with Crippen molar-refractivity contribution >= 4 is 68.4 Å². The van der Waals surface area contributed by atoms with Crippen molar-refractivity contribution in [2.45, 2.75) is 0 Å². The molecule has 92 valence electrons. The van der Waals surface area contributed by atoms with Crippen LogP contribution in [0.1, 0.15) is 10.4 Å². The van der Waals surface area contributed by atoms with Crippen molar-refractivity contribution in [3.63, 3.8) is 0 Å². The highest BCUT2D eigenvalue weighted by atomic mass is 127. The van der Waals surface area contributed by atoms with Gasteiger partial charge in [0.15, 0.2) is 0 Å². The van der Waals surface area contributed by atoms with E-state index in [2.05, 4.69) is 50.5 Å². The van der Waals surface area contributed by atoms with Crippen molar-refractivity contribution in [3.8, 4) is 0 Å². The topological polar surface area (TPSA) is 29.1 Å². The molecule has 0 heterocycles. The van der Waals surface area contributed by atoms with Crippen molar-refractivity contribution in [2.24, 2.45) is 0 Å². The summed E-state index contributed by atoms with van der Waals surface area (Å²) in [6.45, 7) is 0. The molecule has 2 nitrogen and oxygen atoms in total. The lowest BCUT2D eigenvalue weighted by Gasteiger charge is -2.07. The first-order valence-corrected chi connectivity index (χ1v) is 7.62. The van der Waals surface area contributed by atoms with E-state index in [1.54, 1.807) is 18.2 Å². The van der Waals surface area contributed by atoms with E-state index in [0.717, 1.165) is 12.8 Å². The highest BCUT2D eigenvalue weighted by Crippen LogP contribution is 2.20. The Morgan fingerprint density at radius 3 is 2.56 bits per heavy atom. The Hall–Kier alpha value is -0.340. The highest BCUT2D eigenvalue weighted by Gasteiger charge is 2.10. The number of hydrogen-bond donors (Lipinski definition) is 1. The second-order valence-electron chi connectivity index (χ2n) is 3.59. The molecule has 2 rings (SSSR count). The predicted molar refractivity (Wildman–Crippen MR) is 91.3 cm³/mol. The summed E-state index contributed by atoms with van der Waals surface area (Å²) in [5.74, 6) is -0.127. The Balaban J connectivity index is 2.22. The predicted octanol–water partition coefficient (Wildman–Crippen LogP) is 4.80. The lowest BCUT2D eigenvalue weighted by Crippen LogP contribution is -2.13. The molecule has 0 atom stereocenters. The first kappa shape index (κ1) is 14.1. The van der Waals surface area contributed by atoms with Gasteiger partial charge >= 0.3 is 0 Å². The third kappa shape index (κ3) is 3.58. The normalized spacial score (nSPS) is 10.2. The minimum Gasteiger partial charge on any atom is -0.322 e. The molecular formula is C13H8ClI2NO. The van der Waals surface area contributed by atoms with Crippen molar-refractivity contribution in [1.82, 2.24) is 0 Å². The molecule has 0 aliphatic rings. The van der Waals surface area contributed by atoms with E-state index in [4.69, 9.17) is 11.6 Å². The van der Waals surface area contributed by atoms with Crippen LogP contribution in [-0.2, 0) is 0 Å². The highest BCUT2D eigenvalue weighted by molar-refractivity contribution is 14.1. The maximum atomic E-state index is 12.1. The molecule has 5 heteroatoms. The molecule has 0 saturated carbocycles. The Bertz CT molecular complexity index is 601. The van der Waals surface area contributed by atoms with Crippen LogP contribution in [-0.4, -0.2) is 5.91 Å². The van der Waals surface area contributed by atoms with Gasteiger partial charge in [0.2, 0.25) is 0 Å². The van der Waals surface area contributed by atoms with Gasteiger partial charge in [-0.1, -0.05) is 17.7 Å². The average molecular weight is 483 g/mol. The van der Waals surface area contributed by atoms with E-state index >= 15 is 0 Å². The smallest absolute Gasteiger partial charge is 0.256 e. The first-order chi connectivity index (χ1) is 8.56. The SMILES string of the molecule is O=C(Nc1cccc(I)c1)c1ccc(Cl)cc1I. The number of hydrogen-bond acceptors (Lipinski definition) is 1. The van der Waals surface area contributed by atoms with Crippen LogP contribution in [0.25, 0.3) is 0 Å². The van der Waals surface area contributed by atoms with Crippen LogP contribution in [0, 0.1) is 7.14 Å². The van der Waals surface area contributed by atoms with Crippen LogP contribution in [0.5, 0.6) is 0 Å². The van der Waals surface area contributed by atoms with E-state index < -0.39 is 0 Å². The van der Waals surface area contributed by atoms with Crippen molar-refractivity contribution in [2.75, 3.05) is 5.32 Å². The number of rotatable bonds is 2. The largest absolute Gasteiger partial charge is 0.322 e. The third-order valence-electron chi connectivity index (χ3n) is 2.26. The average Bonchev–Trinajstić information content (AvgIpc) is 2.28. The zero-order valence-electron chi connectivity index (χ0n) is 9.08. The molecule has 0 bridgehead atoms. The minimum atomic E-state index is -0.127. The number of nitrogens with one attached hydrogen (secondary N) is 1. The summed E-state index contributed by atoms with van der Waals surface area (Å²) in [6.07, 6.45) is 0. The van der Waals surface area contributed by atoms with Crippen LogP contribution in [0.15, 0.2) is 42.5 Å². The number of benzene rings is 2. The molecule has 0 unspecified atom stereocenters. The molecule has 1 N–H and O–H groups in total. The van der Waals surface area contributed by atoms with Gasteiger partial charge in [-0.15, -0.1) is 0 Å². The molecule has 0 fully saturated rings. The molecule has 1 amide bonds. The van der Waals surface area contributed by atoms with E-state index in [0.29, 0.717) is 10.6 Å². The Morgan fingerprint density at radius 2 is 1.89 bits per heavy atom. The summed E-state index contributed by atoms with van der Waals surface area (Å²) in [4.78, 5) is 12.1. The van der Waals surface area contributed by atoms with Crippen LogP contribution >= 0.6 is 56.8 Å². The molecule has 0 radical (unpaired) electrons. The molecule has 0 aliphatic heterocycles. The molecule has 2 aromatic rings. The molecular weight excluding hydrogens is 475 g/mol. The second-order valence-corrected chi connectivity index (χ2v) is 6.43. The zero-order valence-corrected chi connectivity index (χ0v) is 14.2. The molecule has 0 spiro atoms. The van der Waals surface area contributed by atoms with Gasteiger partial charge in [0.25, 0.3) is 5.91 Å². The summed E-state index contributed by atoms with van der Waals surface area (Å²) in [5, 5.41) is 3.50. The molecule has 0 aliphatic carbocycles. The summed E-state index contributed by atoms with van der Waals surface area (Å²) < 4.78 is 1.92. The number of carbonyl (C=O) groups is 1. The molecule has 0 saturated heterocycles. The number of amides is 1. The molecule has 2 aromatic carbocycles. The van der Waals surface area contributed by atoms with Gasteiger partial charge in [0.05, 0.1) is 5.56 Å². The van der Waals surface area contributed by atoms with Gasteiger partial charge in [-0.3, -0.25) is 4.79 Å². The summed E-state index contributed by atoms with van der Waals surface area (Å²) >= 11 is 10.2. The van der Waals surface area contributed by atoms with Gasteiger partial charge in [-0.2, -0.15) is 0 Å². The van der Waals surface area contributed by atoms with Crippen molar-refractivity contribution in [3.05, 3.63) is 60.2 Å². The lowest BCUT2D eigenvalue weighted by molar-refractivity contribution is 0.102. The Kier molecular flexibility index (Phi) is 4.85. The van der Waals surface area contributed by atoms with Crippen LogP contribution in [0.2, 0.25) is 5.02 Å². The monoisotopic (exact) mass is 483 g/mol. The fourth-order valence-corrected chi connectivity index (χ4v) is 3.10. The van der Waals surface area contributed by atoms with Gasteiger partial charge < -0.3 is 5.32 Å². The molecule has 18 heavy (non-hydrogen) atoms. The maximum Gasteiger partial charge on any atom is 0.256 e. The fraction of sp³-hybridized carbons (Fsp3) is 0. The minimum absolute atomic E-state index is 0.127. The Morgan fingerprint density at radius 1 is 1.11 bits per heavy atom. The van der Waals surface area contributed by atoms with Gasteiger partial charge in [-0.05, 0) is 81.6 Å². The summed E-state index contributed by atoms with van der Waals surface area (Å²) in [7, 11) is 0. The van der Waals surface area contributed by atoms with E-state index in [1.807, 2.05) is 24.3 Å². The standard InChI is InChI=1S/C13H8ClI2NO/c14-8-4-5-11(12(16)6-8)13(18)17-10-3-1-2-9(15)7-10/h1-7H,(H,17,18). The Labute approximate surface area is 137 Å². The summed E-state index contributed by atoms with van der Waals surface area (Å²) in [5.41, 5.74) is 1.41. The third-order valence-corrected chi connectivity index (χ3v) is 4.06. The number of carbonyl (C=O) groups excluding carboxylic acids is 1. The van der Waals surface area contributed by atoms with Gasteiger partial charge in [0, 0.05) is 17.9 Å². The van der Waals surface area contributed by atoms with Crippen LogP contribution in [0.3, 0.4) is 0 Å². The van der Waals surface area contributed by atoms with Crippen LogP contribution in [0.4, 0.5) is 5.69 Å². The zero-order chi connectivity index (χ0) is 13.1. The van der Waals surface area contributed by atoms with Crippen molar-refractivity contribution in [1.29, 1.82) is 0 Å².